The Morgan fingerprint density at radius 2 is 1.80 bits per heavy atom. The second-order valence-corrected chi connectivity index (χ2v) is 8.80. The van der Waals surface area contributed by atoms with E-state index in [-0.39, 0.29) is 11.4 Å². The fourth-order valence-corrected chi connectivity index (χ4v) is 3.50. The molecule has 30 heavy (non-hydrogen) atoms. The van der Waals surface area contributed by atoms with Crippen LogP contribution >= 0.6 is 0 Å². The smallest absolute Gasteiger partial charge is 0.315 e. The summed E-state index contributed by atoms with van der Waals surface area (Å²) in [6.45, 7) is 10.0. The van der Waals surface area contributed by atoms with Crippen molar-refractivity contribution < 1.29 is 9.53 Å². The molecule has 6 heteroatoms. The van der Waals surface area contributed by atoms with Crippen LogP contribution in [0, 0.1) is 0 Å². The molecule has 0 bridgehead atoms. The third kappa shape index (κ3) is 6.65. The van der Waals surface area contributed by atoms with Crippen LogP contribution < -0.4 is 20.3 Å². The van der Waals surface area contributed by atoms with Gasteiger partial charge in [-0.05, 0) is 60.1 Å². The average Bonchev–Trinajstić information content (AvgIpc) is 2.76. The molecule has 0 spiro atoms. The van der Waals surface area contributed by atoms with Crippen LogP contribution in [0.5, 0.6) is 5.75 Å². The molecule has 2 amide bonds. The zero-order valence-electron chi connectivity index (χ0n) is 18.4. The van der Waals surface area contributed by atoms with E-state index in [4.69, 9.17) is 4.74 Å². The number of benzene rings is 1. The molecular formula is C24H34N4O2. The van der Waals surface area contributed by atoms with Crippen molar-refractivity contribution in [1.29, 1.82) is 0 Å². The normalized spacial score (nSPS) is 14.3. The van der Waals surface area contributed by atoms with Crippen LogP contribution in [-0.2, 0) is 12.0 Å². The third-order valence-corrected chi connectivity index (χ3v) is 5.32. The number of nitrogens with one attached hydrogen (secondary N) is 2. The summed E-state index contributed by atoms with van der Waals surface area (Å²) in [5, 5.41) is 5.74. The lowest BCUT2D eigenvalue weighted by atomic mass is 9.87. The Morgan fingerprint density at radius 3 is 2.50 bits per heavy atom. The van der Waals surface area contributed by atoms with Gasteiger partial charge in [0.15, 0.2) is 0 Å². The summed E-state index contributed by atoms with van der Waals surface area (Å²) in [4.78, 5) is 18.9. The molecule has 2 heterocycles. The summed E-state index contributed by atoms with van der Waals surface area (Å²) in [7, 11) is 0. The maximum Gasteiger partial charge on any atom is 0.315 e. The molecule has 0 aliphatic carbocycles. The number of hydrogen-bond acceptors (Lipinski definition) is 4. The molecule has 0 radical (unpaired) electrons. The molecule has 0 atom stereocenters. The Morgan fingerprint density at radius 1 is 1.07 bits per heavy atom. The van der Waals surface area contributed by atoms with Gasteiger partial charge in [-0.3, -0.25) is 0 Å². The van der Waals surface area contributed by atoms with Gasteiger partial charge in [-0.1, -0.05) is 32.9 Å². The molecule has 2 N–H and O–H groups in total. The van der Waals surface area contributed by atoms with Gasteiger partial charge in [-0.25, -0.2) is 9.78 Å². The lowest BCUT2D eigenvalue weighted by molar-refractivity contribution is 0.236. The highest BCUT2D eigenvalue weighted by molar-refractivity contribution is 5.73. The molecule has 1 saturated heterocycles. The number of carbonyl (C=O) groups excluding carboxylic acids is 1. The highest BCUT2D eigenvalue weighted by atomic mass is 16.5. The van der Waals surface area contributed by atoms with E-state index in [1.54, 1.807) is 0 Å². The van der Waals surface area contributed by atoms with E-state index in [0.717, 1.165) is 30.2 Å². The Kier molecular flexibility index (Phi) is 7.55. The minimum Gasteiger partial charge on any atom is -0.492 e. The molecule has 1 aliphatic heterocycles. The number of hydrogen-bond donors (Lipinski definition) is 2. The van der Waals surface area contributed by atoms with E-state index in [0.29, 0.717) is 19.7 Å². The number of pyridine rings is 1. The van der Waals surface area contributed by atoms with Crippen LogP contribution in [0.2, 0.25) is 0 Å². The fourth-order valence-electron chi connectivity index (χ4n) is 3.50. The van der Waals surface area contributed by atoms with Gasteiger partial charge in [0.25, 0.3) is 0 Å². The number of urea groups is 1. The van der Waals surface area contributed by atoms with E-state index in [9.17, 15) is 4.79 Å². The summed E-state index contributed by atoms with van der Waals surface area (Å²) >= 11 is 0. The van der Waals surface area contributed by atoms with Crippen molar-refractivity contribution in [2.45, 2.75) is 52.0 Å². The van der Waals surface area contributed by atoms with E-state index in [1.807, 2.05) is 24.4 Å². The van der Waals surface area contributed by atoms with Crippen molar-refractivity contribution in [1.82, 2.24) is 15.6 Å². The standard InChI is InChI=1S/C24H34N4O2/c1-24(2,3)20-7-9-21(10-8-20)30-16-13-26-23(29)27-18-19-11-12-25-22(17-19)28-14-5-4-6-15-28/h7-12,17H,4-6,13-16,18H2,1-3H3,(H2,26,27,29). The van der Waals surface area contributed by atoms with Crippen LogP contribution in [0.4, 0.5) is 10.6 Å². The van der Waals surface area contributed by atoms with Crippen molar-refractivity contribution >= 4 is 11.8 Å². The van der Waals surface area contributed by atoms with Crippen molar-refractivity contribution in [2.24, 2.45) is 0 Å². The van der Waals surface area contributed by atoms with Crippen LogP contribution in [0.25, 0.3) is 0 Å². The van der Waals surface area contributed by atoms with Gasteiger partial charge < -0.3 is 20.3 Å². The van der Waals surface area contributed by atoms with Crippen molar-refractivity contribution in [3.63, 3.8) is 0 Å². The predicted molar refractivity (Wildman–Crippen MR) is 121 cm³/mol. The lowest BCUT2D eigenvalue weighted by Gasteiger charge is -2.27. The van der Waals surface area contributed by atoms with Gasteiger partial charge in [0.2, 0.25) is 0 Å². The molecule has 162 valence electrons. The van der Waals surface area contributed by atoms with E-state index < -0.39 is 0 Å². The molecule has 0 unspecified atom stereocenters. The number of nitrogens with zero attached hydrogens (tertiary/aromatic N) is 2. The van der Waals surface area contributed by atoms with E-state index >= 15 is 0 Å². The highest BCUT2D eigenvalue weighted by Crippen LogP contribution is 2.24. The van der Waals surface area contributed by atoms with Gasteiger partial charge in [-0.15, -0.1) is 0 Å². The summed E-state index contributed by atoms with van der Waals surface area (Å²) < 4.78 is 5.71. The van der Waals surface area contributed by atoms with Gasteiger partial charge in [0.1, 0.15) is 18.2 Å². The Labute approximate surface area is 180 Å². The van der Waals surface area contributed by atoms with Crippen LogP contribution in [-0.4, -0.2) is 37.3 Å². The first kappa shape index (κ1) is 21.9. The lowest BCUT2D eigenvalue weighted by Crippen LogP contribution is -2.37. The summed E-state index contributed by atoms with van der Waals surface area (Å²) in [5.74, 6) is 1.81. The minimum atomic E-state index is -0.196. The summed E-state index contributed by atoms with van der Waals surface area (Å²) in [5.41, 5.74) is 2.45. The number of aromatic nitrogens is 1. The number of amides is 2. The average molecular weight is 411 g/mol. The molecule has 3 rings (SSSR count). The summed E-state index contributed by atoms with van der Waals surface area (Å²) in [6, 6.07) is 11.9. The number of rotatable bonds is 7. The van der Waals surface area contributed by atoms with Crippen LogP contribution in [0.1, 0.15) is 51.2 Å². The predicted octanol–water partition coefficient (Wildman–Crippen LogP) is 4.25. The first-order valence-corrected chi connectivity index (χ1v) is 10.9. The van der Waals surface area contributed by atoms with Crippen molar-refractivity contribution in [3.05, 3.63) is 53.7 Å². The number of ether oxygens (including phenoxy) is 1. The molecule has 1 fully saturated rings. The van der Waals surface area contributed by atoms with Crippen LogP contribution in [0.15, 0.2) is 42.6 Å². The fraction of sp³-hybridized carbons (Fsp3) is 0.500. The van der Waals surface area contributed by atoms with Crippen molar-refractivity contribution in [3.8, 4) is 5.75 Å². The van der Waals surface area contributed by atoms with Gasteiger partial charge >= 0.3 is 6.03 Å². The SMILES string of the molecule is CC(C)(C)c1ccc(OCCNC(=O)NCc2ccnc(N3CCCCC3)c2)cc1. The first-order chi connectivity index (χ1) is 14.4. The second kappa shape index (κ2) is 10.3. The van der Waals surface area contributed by atoms with Gasteiger partial charge in [0.05, 0.1) is 6.54 Å². The largest absolute Gasteiger partial charge is 0.492 e. The summed E-state index contributed by atoms with van der Waals surface area (Å²) in [6.07, 6.45) is 5.55. The Bertz CT molecular complexity index is 809. The minimum absolute atomic E-state index is 0.127. The molecule has 0 saturated carbocycles. The zero-order valence-corrected chi connectivity index (χ0v) is 18.4. The van der Waals surface area contributed by atoms with E-state index in [1.165, 1.54) is 24.8 Å². The number of anilines is 1. The molecule has 1 aliphatic rings. The highest BCUT2D eigenvalue weighted by Gasteiger charge is 2.13. The Hall–Kier alpha value is -2.76. The van der Waals surface area contributed by atoms with E-state index in [2.05, 4.69) is 59.5 Å². The first-order valence-electron chi connectivity index (χ1n) is 10.9. The molecule has 1 aromatic carbocycles. The molecule has 2 aromatic rings. The molecule has 6 nitrogen and oxygen atoms in total. The quantitative estimate of drug-likeness (QED) is 0.670. The third-order valence-electron chi connectivity index (χ3n) is 5.32. The Balaban J connectivity index is 1.36. The number of piperidine rings is 1. The maximum absolute atomic E-state index is 12.1. The topological polar surface area (TPSA) is 66.5 Å². The van der Waals surface area contributed by atoms with Crippen molar-refractivity contribution in [2.75, 3.05) is 31.1 Å². The number of carbonyl (C=O) groups is 1. The molecule has 1 aromatic heterocycles. The van der Waals surface area contributed by atoms with Gasteiger partial charge in [0, 0.05) is 25.8 Å². The molecular weight excluding hydrogens is 376 g/mol. The van der Waals surface area contributed by atoms with Crippen LogP contribution in [0.3, 0.4) is 0 Å². The maximum atomic E-state index is 12.1. The zero-order chi connectivity index (χ0) is 21.4. The monoisotopic (exact) mass is 410 g/mol. The second-order valence-electron chi connectivity index (χ2n) is 8.80. The van der Waals surface area contributed by atoms with Gasteiger partial charge in [-0.2, -0.15) is 0 Å².